The van der Waals surface area contributed by atoms with Crippen molar-refractivity contribution < 1.29 is 22.7 Å². The van der Waals surface area contributed by atoms with Gasteiger partial charge in [0.15, 0.2) is 0 Å². The number of likely N-dealkylation sites (N-methyl/N-ethyl adjacent to an activating group) is 1. The number of hydrogen-bond donors (Lipinski definition) is 1. The lowest BCUT2D eigenvalue weighted by Gasteiger charge is -2.18. The summed E-state index contributed by atoms with van der Waals surface area (Å²) in [5.41, 5.74) is 3.17. The molecule has 1 rings (SSSR count). The molecule has 1 aromatic rings. The van der Waals surface area contributed by atoms with Crippen LogP contribution in [0.5, 0.6) is 0 Å². The number of benzene rings is 1. The lowest BCUT2D eigenvalue weighted by atomic mass is 10.1. The zero-order chi connectivity index (χ0) is 12.8. The summed E-state index contributed by atoms with van der Waals surface area (Å²) in [5.74, 6) is 0.0612. The molecule has 0 spiro atoms. The van der Waals surface area contributed by atoms with E-state index in [0.29, 0.717) is 6.54 Å². The molecule has 0 aliphatic rings. The van der Waals surface area contributed by atoms with Crippen LogP contribution in [0.1, 0.15) is 25.0 Å². The molecule has 0 heterocycles. The first-order valence-corrected chi connectivity index (χ1v) is 6.16. The average molecular weight is 288 g/mol. The number of anilines is 1. The van der Waals surface area contributed by atoms with E-state index in [1.807, 2.05) is 32.0 Å². The maximum absolute atomic E-state index is 11.9. The first-order valence-electron chi connectivity index (χ1n) is 6.16. The second kappa shape index (κ2) is 9.78. The Morgan fingerprint density at radius 3 is 2.05 bits per heavy atom. The molecule has 0 aliphatic heterocycles. The monoisotopic (exact) mass is 287 g/mol. The van der Waals surface area contributed by atoms with Gasteiger partial charge in [0.1, 0.15) is 0 Å². The maximum Gasteiger partial charge on any atom is 0.238 e. The quantitative estimate of drug-likeness (QED) is 0.737. The smallest absolute Gasteiger partial charge is 0.238 e. The Kier molecular flexibility index (Phi) is 10.4. The molecule has 1 aromatic carbocycles. The molecular weight excluding hydrogens is 264 g/mol. The Balaban J connectivity index is 0. The van der Waals surface area contributed by atoms with Crippen molar-refractivity contribution in [3.8, 4) is 0 Å². The average Bonchev–Trinajstić information content (AvgIpc) is 2.31. The van der Waals surface area contributed by atoms with Crippen LogP contribution in [-0.4, -0.2) is 35.9 Å². The summed E-state index contributed by atoms with van der Waals surface area (Å²) in [6.07, 6.45) is 0. The van der Waals surface area contributed by atoms with Gasteiger partial charge in [0.2, 0.25) is 5.91 Å². The lowest BCUT2D eigenvalue weighted by Crippen LogP contribution is -3.00. The van der Waals surface area contributed by atoms with Gasteiger partial charge in [-0.05, 0) is 38.1 Å². The van der Waals surface area contributed by atoms with Crippen LogP contribution in [0.4, 0.5) is 5.69 Å². The lowest BCUT2D eigenvalue weighted by molar-refractivity contribution is -0.117. The highest BCUT2D eigenvalue weighted by Gasteiger charge is 2.09. The second-order valence-electron chi connectivity index (χ2n) is 4.28. The van der Waals surface area contributed by atoms with Gasteiger partial charge in [0.05, 0.1) is 6.54 Å². The summed E-state index contributed by atoms with van der Waals surface area (Å²) in [5, 5.41) is 3.00. The van der Waals surface area contributed by atoms with Gasteiger partial charge in [-0.25, -0.2) is 0 Å². The number of carbonyl (C=O) groups is 1. The molecule has 0 saturated carbocycles. The molecule has 5 heteroatoms. The number of halogens is 1. The van der Waals surface area contributed by atoms with Crippen molar-refractivity contribution in [1.82, 2.24) is 4.90 Å². The standard InChI is InChI=1S/C14H22N2O.ClH.H2O/c1-5-16(6-2)10-13(17)15-14-11(3)8-7-9-12(14)4;;/h7-9H,5-6,10H2,1-4H3,(H,15,17);1H;1H2/p-1. The van der Waals surface area contributed by atoms with Crippen LogP contribution in [-0.2, 0) is 4.79 Å². The Labute approximate surface area is 121 Å². The minimum atomic E-state index is 0. The summed E-state index contributed by atoms with van der Waals surface area (Å²) < 4.78 is 0. The molecule has 3 N–H and O–H groups in total. The van der Waals surface area contributed by atoms with E-state index in [0.717, 1.165) is 29.9 Å². The SMILES string of the molecule is CCN(CC)CC(=O)Nc1c(C)cccc1C.O.[Cl-]. The largest absolute Gasteiger partial charge is 1.00 e. The number of nitrogens with one attached hydrogen (secondary N) is 1. The molecule has 0 bridgehead atoms. The van der Waals surface area contributed by atoms with Crippen molar-refractivity contribution in [2.45, 2.75) is 27.7 Å². The van der Waals surface area contributed by atoms with E-state index < -0.39 is 0 Å². The summed E-state index contributed by atoms with van der Waals surface area (Å²) in [4.78, 5) is 14.0. The van der Waals surface area contributed by atoms with E-state index in [9.17, 15) is 4.79 Å². The van der Waals surface area contributed by atoms with E-state index >= 15 is 0 Å². The third-order valence-corrected chi connectivity index (χ3v) is 3.01. The predicted octanol–water partition coefficient (Wildman–Crippen LogP) is -1.24. The highest BCUT2D eigenvalue weighted by Crippen LogP contribution is 2.19. The van der Waals surface area contributed by atoms with E-state index in [1.165, 1.54) is 0 Å². The Morgan fingerprint density at radius 2 is 1.63 bits per heavy atom. The number of hydrogen-bond acceptors (Lipinski definition) is 2. The second-order valence-corrected chi connectivity index (χ2v) is 4.28. The molecule has 0 fully saturated rings. The zero-order valence-corrected chi connectivity index (χ0v) is 12.8. The van der Waals surface area contributed by atoms with E-state index in [-0.39, 0.29) is 23.8 Å². The minimum absolute atomic E-state index is 0. The van der Waals surface area contributed by atoms with Gasteiger partial charge in [-0.15, -0.1) is 0 Å². The molecule has 1 amide bonds. The molecule has 0 atom stereocenters. The number of para-hydroxylation sites is 1. The Bertz CT molecular complexity index is 373. The van der Waals surface area contributed by atoms with E-state index in [4.69, 9.17) is 0 Å². The van der Waals surface area contributed by atoms with E-state index in [2.05, 4.69) is 24.1 Å². The summed E-state index contributed by atoms with van der Waals surface area (Å²) in [6, 6.07) is 6.03. The van der Waals surface area contributed by atoms with Crippen molar-refractivity contribution in [1.29, 1.82) is 0 Å². The fourth-order valence-electron chi connectivity index (χ4n) is 1.84. The van der Waals surface area contributed by atoms with Crippen LogP contribution in [0.3, 0.4) is 0 Å². The number of amides is 1. The fourth-order valence-corrected chi connectivity index (χ4v) is 1.84. The van der Waals surface area contributed by atoms with Gasteiger partial charge in [-0.2, -0.15) is 0 Å². The van der Waals surface area contributed by atoms with Gasteiger partial charge in [0.25, 0.3) is 0 Å². The number of rotatable bonds is 5. The Morgan fingerprint density at radius 1 is 1.16 bits per heavy atom. The molecule has 4 nitrogen and oxygen atoms in total. The molecule has 0 aromatic heterocycles. The number of aryl methyl sites for hydroxylation is 2. The fraction of sp³-hybridized carbons (Fsp3) is 0.500. The van der Waals surface area contributed by atoms with Gasteiger partial charge in [0, 0.05) is 5.69 Å². The van der Waals surface area contributed by atoms with Crippen LogP contribution >= 0.6 is 0 Å². The van der Waals surface area contributed by atoms with E-state index in [1.54, 1.807) is 0 Å². The van der Waals surface area contributed by atoms with Crippen molar-refractivity contribution in [2.75, 3.05) is 25.0 Å². The molecule has 0 radical (unpaired) electrons. The molecule has 0 aliphatic carbocycles. The summed E-state index contributed by atoms with van der Waals surface area (Å²) >= 11 is 0. The minimum Gasteiger partial charge on any atom is -1.00 e. The number of carbonyl (C=O) groups excluding carboxylic acids is 1. The third-order valence-electron chi connectivity index (χ3n) is 3.01. The molecule has 0 saturated heterocycles. The maximum atomic E-state index is 11.9. The molecule has 110 valence electrons. The topological polar surface area (TPSA) is 63.8 Å². The van der Waals surface area contributed by atoms with Crippen LogP contribution in [0.25, 0.3) is 0 Å². The molecule has 0 unspecified atom stereocenters. The Hall–Kier alpha value is -1.10. The highest BCUT2D eigenvalue weighted by atomic mass is 35.5. The van der Waals surface area contributed by atoms with Gasteiger partial charge < -0.3 is 23.2 Å². The van der Waals surface area contributed by atoms with Crippen molar-refractivity contribution in [2.24, 2.45) is 0 Å². The first-order chi connectivity index (χ1) is 8.08. The predicted molar refractivity (Wildman–Crippen MR) is 75.9 cm³/mol. The van der Waals surface area contributed by atoms with Gasteiger partial charge in [-0.3, -0.25) is 9.69 Å². The summed E-state index contributed by atoms with van der Waals surface area (Å²) in [7, 11) is 0. The van der Waals surface area contributed by atoms with Crippen molar-refractivity contribution in [3.63, 3.8) is 0 Å². The molecule has 19 heavy (non-hydrogen) atoms. The molecular formula is C14H24ClN2O2-. The van der Waals surface area contributed by atoms with Crippen molar-refractivity contribution in [3.05, 3.63) is 29.3 Å². The highest BCUT2D eigenvalue weighted by molar-refractivity contribution is 5.93. The van der Waals surface area contributed by atoms with Crippen LogP contribution in [0.15, 0.2) is 18.2 Å². The summed E-state index contributed by atoms with van der Waals surface area (Å²) in [6.45, 7) is 10.4. The van der Waals surface area contributed by atoms with Crippen molar-refractivity contribution >= 4 is 11.6 Å². The van der Waals surface area contributed by atoms with Gasteiger partial charge >= 0.3 is 0 Å². The first kappa shape index (κ1) is 20.2. The van der Waals surface area contributed by atoms with Crippen LogP contribution in [0, 0.1) is 13.8 Å². The third kappa shape index (κ3) is 6.05. The van der Waals surface area contributed by atoms with Gasteiger partial charge in [-0.1, -0.05) is 32.0 Å². The van der Waals surface area contributed by atoms with Crippen LogP contribution in [0.2, 0.25) is 0 Å². The van der Waals surface area contributed by atoms with Crippen LogP contribution < -0.4 is 17.7 Å². The number of nitrogens with zero attached hydrogens (tertiary/aromatic N) is 1. The zero-order valence-electron chi connectivity index (χ0n) is 12.1. The normalized spacial score (nSPS) is 9.53.